The zero-order valence-corrected chi connectivity index (χ0v) is 18.1. The maximum atomic E-state index is 12.7. The molecule has 2 aromatic rings. The van der Waals surface area contributed by atoms with Gasteiger partial charge in [0, 0.05) is 30.5 Å². The highest BCUT2D eigenvalue weighted by Crippen LogP contribution is 2.41. The van der Waals surface area contributed by atoms with Crippen molar-refractivity contribution in [3.8, 4) is 5.75 Å². The molecule has 2 heterocycles. The van der Waals surface area contributed by atoms with Gasteiger partial charge in [-0.1, -0.05) is 25.3 Å². The third-order valence-corrected chi connectivity index (χ3v) is 6.76. The minimum atomic E-state index is -3.93. The van der Waals surface area contributed by atoms with Gasteiger partial charge in [0.25, 0.3) is 0 Å². The van der Waals surface area contributed by atoms with Crippen LogP contribution in [0.15, 0.2) is 35.6 Å². The fourth-order valence-corrected chi connectivity index (χ4v) is 4.92. The molecular weight excluding hydrogens is 442 g/mol. The van der Waals surface area contributed by atoms with Crippen LogP contribution in [0.2, 0.25) is 0 Å². The second-order valence-corrected chi connectivity index (χ2v) is 9.49. The number of carbonyl (C=O) groups is 2. The maximum absolute atomic E-state index is 12.7. The first-order valence-corrected chi connectivity index (χ1v) is 11.7. The van der Waals surface area contributed by atoms with Crippen LogP contribution in [0.25, 0.3) is 12.2 Å². The van der Waals surface area contributed by atoms with Crippen LogP contribution < -0.4 is 4.72 Å². The smallest absolute Gasteiger partial charge is 0.234 e. The van der Waals surface area contributed by atoms with Crippen LogP contribution in [0.5, 0.6) is 5.75 Å². The van der Waals surface area contributed by atoms with Gasteiger partial charge in [-0.05, 0) is 24.2 Å². The van der Waals surface area contributed by atoms with Crippen molar-refractivity contribution in [2.45, 2.75) is 29.3 Å². The van der Waals surface area contributed by atoms with E-state index in [1.54, 1.807) is 0 Å². The topological polar surface area (TPSA) is 145 Å². The lowest BCUT2D eigenvalue weighted by Crippen LogP contribution is -2.43. The Bertz CT molecular complexity index is 1110. The molecule has 164 valence electrons. The molecule has 0 aliphatic carbocycles. The second-order valence-electron chi connectivity index (χ2n) is 6.61. The average molecular weight is 464 g/mol. The normalized spacial score (nSPS) is 14.5. The van der Waals surface area contributed by atoms with Gasteiger partial charge in [0.15, 0.2) is 5.16 Å². The van der Waals surface area contributed by atoms with Crippen molar-refractivity contribution in [1.82, 2.24) is 20.1 Å². The van der Waals surface area contributed by atoms with Crippen LogP contribution in [-0.4, -0.2) is 57.7 Å². The molecule has 0 atom stereocenters. The van der Waals surface area contributed by atoms with Crippen molar-refractivity contribution < 1.29 is 23.1 Å². The summed E-state index contributed by atoms with van der Waals surface area (Å²) in [4.78, 5) is 29.1. The molecule has 0 saturated carbocycles. The van der Waals surface area contributed by atoms with E-state index in [9.17, 15) is 23.1 Å². The summed E-state index contributed by atoms with van der Waals surface area (Å²) in [5.41, 5.74) is 0.794. The van der Waals surface area contributed by atoms with Crippen LogP contribution in [0.3, 0.4) is 0 Å². The third-order valence-electron chi connectivity index (χ3n) is 4.58. The number of aromatic hydroxyl groups is 1. The Morgan fingerprint density at radius 1 is 1.23 bits per heavy atom. The van der Waals surface area contributed by atoms with Gasteiger partial charge in [-0.15, -0.1) is 0 Å². The number of likely N-dealkylation sites (tertiary alicyclic amines) is 1. The minimum Gasteiger partial charge on any atom is -0.506 e. The molecule has 0 radical (unpaired) electrons. The summed E-state index contributed by atoms with van der Waals surface area (Å²) < 4.78 is 27.9. The largest absolute Gasteiger partial charge is 0.506 e. The lowest BCUT2D eigenvalue weighted by molar-refractivity contribution is -0.147. The number of H-pyrrole nitrogens is 1. The van der Waals surface area contributed by atoms with Gasteiger partial charge >= 0.3 is 0 Å². The number of hydrogen-bond donors (Lipinski definition) is 3. The Labute approximate surface area is 183 Å². The predicted octanol–water partition coefficient (Wildman–Crippen LogP) is 2.23. The van der Waals surface area contributed by atoms with E-state index in [0.717, 1.165) is 16.7 Å². The van der Waals surface area contributed by atoms with Gasteiger partial charge in [-0.2, -0.15) is 5.10 Å². The van der Waals surface area contributed by atoms with Crippen molar-refractivity contribution >= 4 is 51.4 Å². The highest BCUT2D eigenvalue weighted by atomic mass is 32.2. The van der Waals surface area contributed by atoms with Crippen molar-refractivity contribution in [3.05, 3.63) is 36.7 Å². The molecule has 3 rings (SSSR count). The Hall–Kier alpha value is -3.12. The van der Waals surface area contributed by atoms with Crippen LogP contribution in [0, 0.1) is 0 Å². The van der Waals surface area contributed by atoms with Crippen LogP contribution in [0.1, 0.15) is 30.4 Å². The first kappa shape index (κ1) is 22.6. The molecule has 1 aliphatic rings. The number of piperidine rings is 1. The number of aromatic nitrogens is 3. The number of phenols is 1. The maximum Gasteiger partial charge on any atom is 0.234 e. The summed E-state index contributed by atoms with van der Waals surface area (Å²) in [5, 5.41) is 17.4. The van der Waals surface area contributed by atoms with Crippen LogP contribution in [0.4, 0.5) is 5.69 Å². The molecule has 0 unspecified atom stereocenters. The zero-order chi connectivity index (χ0) is 22.6. The van der Waals surface area contributed by atoms with Gasteiger partial charge in [-0.3, -0.25) is 24.3 Å². The van der Waals surface area contributed by atoms with E-state index < -0.39 is 15.8 Å². The summed E-state index contributed by atoms with van der Waals surface area (Å²) in [7, 11) is -3.93. The number of nitrogens with zero attached hydrogens (tertiary/aromatic N) is 3. The van der Waals surface area contributed by atoms with Crippen LogP contribution >= 0.6 is 11.8 Å². The Kier molecular flexibility index (Phi) is 6.81. The standard InChI is InChI=1S/C19H21N5O5S2/c1-3-12-13(4-2)18(27)15(30-19-20-11-21-22-19)10-14(12)23-31(28,29)9-8-24-16(25)6-5-7-17(24)26/h3-4,10-11,23,27H,1-2,5-9H2,(H,20,21,22). The van der Waals surface area contributed by atoms with E-state index in [4.69, 9.17) is 0 Å². The third kappa shape index (κ3) is 5.14. The van der Waals surface area contributed by atoms with Gasteiger partial charge in [0.1, 0.15) is 12.1 Å². The van der Waals surface area contributed by atoms with Gasteiger partial charge in [0.2, 0.25) is 21.8 Å². The van der Waals surface area contributed by atoms with Crippen molar-refractivity contribution in [1.29, 1.82) is 0 Å². The molecule has 1 saturated heterocycles. The lowest BCUT2D eigenvalue weighted by Gasteiger charge is -2.25. The Morgan fingerprint density at radius 3 is 2.48 bits per heavy atom. The number of carbonyl (C=O) groups excluding carboxylic acids is 2. The van der Waals surface area contributed by atoms with Gasteiger partial charge < -0.3 is 5.11 Å². The number of amides is 2. The molecule has 10 nitrogen and oxygen atoms in total. The summed E-state index contributed by atoms with van der Waals surface area (Å²) in [6.07, 6.45) is 5.02. The molecule has 1 fully saturated rings. The monoisotopic (exact) mass is 463 g/mol. The molecule has 1 aliphatic heterocycles. The molecular formula is C19H21N5O5S2. The van der Waals surface area contributed by atoms with Crippen molar-refractivity contribution in [3.63, 3.8) is 0 Å². The molecule has 1 aromatic carbocycles. The SMILES string of the molecule is C=Cc1c(NS(=O)(=O)CCN2C(=O)CCCC2=O)cc(Sc2ncn[nH]2)c(O)c1C=C. The minimum absolute atomic E-state index is 0.112. The number of phenolic OH excluding ortho intramolecular Hbond substituents is 1. The number of anilines is 1. The number of hydrogen-bond acceptors (Lipinski definition) is 8. The number of rotatable bonds is 9. The summed E-state index contributed by atoms with van der Waals surface area (Å²) in [5.74, 6) is -1.32. The van der Waals surface area contributed by atoms with E-state index in [1.807, 2.05) is 0 Å². The molecule has 12 heteroatoms. The van der Waals surface area contributed by atoms with E-state index in [1.165, 1.54) is 24.5 Å². The molecule has 2 amide bonds. The van der Waals surface area contributed by atoms with E-state index in [-0.39, 0.29) is 42.6 Å². The van der Waals surface area contributed by atoms with Crippen molar-refractivity contribution in [2.75, 3.05) is 17.0 Å². The van der Waals surface area contributed by atoms with E-state index in [0.29, 0.717) is 27.6 Å². The first-order chi connectivity index (χ1) is 14.8. The molecule has 31 heavy (non-hydrogen) atoms. The van der Waals surface area contributed by atoms with E-state index >= 15 is 0 Å². The predicted molar refractivity (Wildman–Crippen MR) is 117 cm³/mol. The first-order valence-electron chi connectivity index (χ1n) is 9.27. The Balaban J connectivity index is 1.87. The summed E-state index contributed by atoms with van der Waals surface area (Å²) >= 11 is 1.05. The van der Waals surface area contributed by atoms with Crippen LogP contribution in [-0.2, 0) is 19.6 Å². The fraction of sp³-hybridized carbons (Fsp3) is 0.263. The highest BCUT2D eigenvalue weighted by molar-refractivity contribution is 7.99. The van der Waals surface area contributed by atoms with Gasteiger partial charge in [0.05, 0.1) is 16.3 Å². The number of imide groups is 1. The number of sulfonamides is 1. The zero-order valence-electron chi connectivity index (χ0n) is 16.5. The Morgan fingerprint density at radius 2 is 1.90 bits per heavy atom. The fourth-order valence-electron chi connectivity index (χ4n) is 3.10. The average Bonchev–Trinajstić information content (AvgIpc) is 3.22. The number of benzene rings is 1. The quantitative estimate of drug-likeness (QED) is 0.379. The summed E-state index contributed by atoms with van der Waals surface area (Å²) in [6.45, 7) is 7.13. The van der Waals surface area contributed by atoms with E-state index in [2.05, 4.69) is 33.1 Å². The lowest BCUT2D eigenvalue weighted by atomic mass is 10.0. The summed E-state index contributed by atoms with van der Waals surface area (Å²) in [6, 6.07) is 1.45. The number of nitrogens with one attached hydrogen (secondary N) is 2. The van der Waals surface area contributed by atoms with Crippen molar-refractivity contribution in [2.24, 2.45) is 0 Å². The second kappa shape index (κ2) is 9.35. The molecule has 0 bridgehead atoms. The molecule has 1 aromatic heterocycles. The van der Waals surface area contributed by atoms with Gasteiger partial charge in [-0.25, -0.2) is 13.4 Å². The molecule has 3 N–H and O–H groups in total. The number of aromatic amines is 1. The molecule has 0 spiro atoms. The highest BCUT2D eigenvalue weighted by Gasteiger charge is 2.27.